The second-order valence-electron chi connectivity index (χ2n) is 7.22. The molecule has 8 heteroatoms. The molecule has 1 aliphatic heterocycles. The number of benzene rings is 1. The van der Waals surface area contributed by atoms with Crippen LogP contribution in [-0.2, 0) is 17.9 Å². The van der Waals surface area contributed by atoms with Crippen molar-refractivity contribution in [2.45, 2.75) is 39.3 Å². The van der Waals surface area contributed by atoms with E-state index in [4.69, 9.17) is 4.74 Å². The molecule has 0 radical (unpaired) electrons. The van der Waals surface area contributed by atoms with Crippen LogP contribution in [0, 0.1) is 0 Å². The van der Waals surface area contributed by atoms with E-state index in [0.717, 1.165) is 62.0 Å². The summed E-state index contributed by atoms with van der Waals surface area (Å²) in [4.78, 5) is 22.6. The first-order valence-electron chi connectivity index (χ1n) is 10.7. The minimum absolute atomic E-state index is 0. The van der Waals surface area contributed by atoms with Crippen LogP contribution in [0.3, 0.4) is 0 Å². The summed E-state index contributed by atoms with van der Waals surface area (Å²) in [7, 11) is 0. The lowest BCUT2D eigenvalue weighted by molar-refractivity contribution is -0.127. The number of aliphatic imine (C=N–C) groups is 1. The molecule has 31 heavy (non-hydrogen) atoms. The van der Waals surface area contributed by atoms with E-state index in [1.54, 1.807) is 6.20 Å². The largest absolute Gasteiger partial charge is 0.487 e. The maximum absolute atomic E-state index is 11.7. The Labute approximate surface area is 201 Å². The zero-order chi connectivity index (χ0) is 21.0. The van der Waals surface area contributed by atoms with Gasteiger partial charge in [-0.1, -0.05) is 18.2 Å². The van der Waals surface area contributed by atoms with Gasteiger partial charge in [0, 0.05) is 38.8 Å². The van der Waals surface area contributed by atoms with Crippen LogP contribution in [0.1, 0.15) is 37.4 Å². The minimum atomic E-state index is 0. The molecule has 1 fully saturated rings. The minimum Gasteiger partial charge on any atom is -0.487 e. The highest BCUT2D eigenvalue weighted by molar-refractivity contribution is 14.0. The van der Waals surface area contributed by atoms with Gasteiger partial charge in [0.1, 0.15) is 12.4 Å². The number of hydrogen-bond acceptors (Lipinski definition) is 4. The Kier molecular flexibility index (Phi) is 11.1. The molecule has 1 aromatic heterocycles. The average Bonchev–Trinajstić information content (AvgIpc) is 3.19. The SMILES string of the molecule is CCNC(=NCc1cccc(OCc2ccccn2)c1)NCCCN1CCCC1=O.I. The van der Waals surface area contributed by atoms with Gasteiger partial charge < -0.3 is 20.3 Å². The fourth-order valence-corrected chi connectivity index (χ4v) is 3.30. The van der Waals surface area contributed by atoms with Crippen LogP contribution in [0.2, 0.25) is 0 Å². The lowest BCUT2D eigenvalue weighted by Gasteiger charge is -2.16. The van der Waals surface area contributed by atoms with Crippen LogP contribution >= 0.6 is 24.0 Å². The smallest absolute Gasteiger partial charge is 0.222 e. The number of aromatic nitrogens is 1. The van der Waals surface area contributed by atoms with Crippen LogP contribution < -0.4 is 15.4 Å². The van der Waals surface area contributed by atoms with Crippen molar-refractivity contribution in [3.05, 3.63) is 59.9 Å². The van der Waals surface area contributed by atoms with Crippen molar-refractivity contribution in [3.8, 4) is 5.75 Å². The van der Waals surface area contributed by atoms with Gasteiger partial charge in [0.15, 0.2) is 5.96 Å². The summed E-state index contributed by atoms with van der Waals surface area (Å²) < 4.78 is 5.85. The molecule has 1 aromatic carbocycles. The maximum Gasteiger partial charge on any atom is 0.222 e. The number of halogens is 1. The number of rotatable bonds is 10. The molecule has 1 aliphatic rings. The van der Waals surface area contributed by atoms with E-state index < -0.39 is 0 Å². The summed E-state index contributed by atoms with van der Waals surface area (Å²) in [5.41, 5.74) is 1.98. The summed E-state index contributed by atoms with van der Waals surface area (Å²) in [5, 5.41) is 6.62. The average molecular weight is 537 g/mol. The van der Waals surface area contributed by atoms with Gasteiger partial charge in [-0.15, -0.1) is 24.0 Å². The van der Waals surface area contributed by atoms with Gasteiger partial charge in [0.25, 0.3) is 0 Å². The Morgan fingerprint density at radius 3 is 2.87 bits per heavy atom. The normalized spacial score (nSPS) is 13.6. The second-order valence-corrected chi connectivity index (χ2v) is 7.22. The molecule has 0 aliphatic carbocycles. The maximum atomic E-state index is 11.7. The molecule has 0 atom stereocenters. The Hall–Kier alpha value is -2.36. The fourth-order valence-electron chi connectivity index (χ4n) is 3.30. The van der Waals surface area contributed by atoms with Crippen molar-refractivity contribution >= 4 is 35.8 Å². The Bertz CT molecular complexity index is 832. The van der Waals surface area contributed by atoms with Crippen molar-refractivity contribution in [1.29, 1.82) is 0 Å². The lowest BCUT2D eigenvalue weighted by Crippen LogP contribution is -2.39. The Morgan fingerprint density at radius 1 is 1.23 bits per heavy atom. The van der Waals surface area contributed by atoms with Gasteiger partial charge in [-0.25, -0.2) is 4.99 Å². The summed E-state index contributed by atoms with van der Waals surface area (Å²) >= 11 is 0. The number of hydrogen-bond donors (Lipinski definition) is 2. The molecule has 0 bridgehead atoms. The molecule has 1 amide bonds. The van der Waals surface area contributed by atoms with Crippen LogP contribution in [0.15, 0.2) is 53.7 Å². The highest BCUT2D eigenvalue weighted by Crippen LogP contribution is 2.15. The number of nitrogens with zero attached hydrogens (tertiary/aromatic N) is 3. The molecule has 3 rings (SSSR count). The highest BCUT2D eigenvalue weighted by atomic mass is 127. The summed E-state index contributed by atoms with van der Waals surface area (Å²) in [6.07, 6.45) is 4.36. The monoisotopic (exact) mass is 537 g/mol. The van der Waals surface area contributed by atoms with Crippen molar-refractivity contribution in [2.24, 2.45) is 4.99 Å². The number of pyridine rings is 1. The fraction of sp³-hybridized carbons (Fsp3) is 0.435. The molecule has 0 spiro atoms. The number of amides is 1. The number of ether oxygens (including phenoxy) is 1. The van der Waals surface area contributed by atoms with E-state index in [1.165, 1.54) is 0 Å². The van der Waals surface area contributed by atoms with Gasteiger partial charge in [0.2, 0.25) is 5.91 Å². The van der Waals surface area contributed by atoms with E-state index >= 15 is 0 Å². The number of nitrogens with one attached hydrogen (secondary N) is 2. The first-order valence-corrected chi connectivity index (χ1v) is 10.7. The second kappa shape index (κ2) is 13.8. The predicted molar refractivity (Wildman–Crippen MR) is 134 cm³/mol. The van der Waals surface area contributed by atoms with Crippen molar-refractivity contribution < 1.29 is 9.53 Å². The third-order valence-electron chi connectivity index (χ3n) is 4.84. The van der Waals surface area contributed by atoms with E-state index in [0.29, 0.717) is 19.6 Å². The molecule has 7 nitrogen and oxygen atoms in total. The van der Waals surface area contributed by atoms with Gasteiger partial charge in [0.05, 0.1) is 12.2 Å². The van der Waals surface area contributed by atoms with Crippen molar-refractivity contribution in [2.75, 3.05) is 26.2 Å². The lowest BCUT2D eigenvalue weighted by atomic mass is 10.2. The first-order chi connectivity index (χ1) is 14.7. The van der Waals surface area contributed by atoms with Gasteiger partial charge in [-0.3, -0.25) is 9.78 Å². The van der Waals surface area contributed by atoms with Gasteiger partial charge in [-0.05, 0) is 49.6 Å². The summed E-state index contributed by atoms with van der Waals surface area (Å²) in [6, 6.07) is 13.8. The Morgan fingerprint density at radius 2 is 2.13 bits per heavy atom. The number of likely N-dealkylation sites (tertiary alicyclic amines) is 1. The molecule has 0 saturated carbocycles. The highest BCUT2D eigenvalue weighted by Gasteiger charge is 2.18. The molecule has 1 saturated heterocycles. The topological polar surface area (TPSA) is 78.9 Å². The summed E-state index contributed by atoms with van der Waals surface area (Å²) in [6.45, 7) is 6.32. The number of carbonyl (C=O) groups is 1. The predicted octanol–water partition coefficient (Wildman–Crippen LogP) is 3.35. The molecular formula is C23H32IN5O2. The van der Waals surface area contributed by atoms with E-state index in [2.05, 4.69) is 20.6 Å². The molecule has 0 unspecified atom stereocenters. The Balaban J connectivity index is 0.00000341. The van der Waals surface area contributed by atoms with E-state index in [1.807, 2.05) is 54.3 Å². The van der Waals surface area contributed by atoms with Crippen LogP contribution in [0.4, 0.5) is 0 Å². The van der Waals surface area contributed by atoms with Gasteiger partial charge >= 0.3 is 0 Å². The molecule has 168 valence electrons. The quantitative estimate of drug-likeness (QED) is 0.211. The molecule has 2 N–H and O–H groups in total. The van der Waals surface area contributed by atoms with Crippen LogP contribution in [0.5, 0.6) is 5.75 Å². The number of guanidine groups is 1. The zero-order valence-corrected chi connectivity index (χ0v) is 20.4. The van der Waals surface area contributed by atoms with Gasteiger partial charge in [-0.2, -0.15) is 0 Å². The molecule has 2 heterocycles. The molecular weight excluding hydrogens is 505 g/mol. The zero-order valence-electron chi connectivity index (χ0n) is 18.0. The third-order valence-corrected chi connectivity index (χ3v) is 4.84. The van der Waals surface area contributed by atoms with E-state index in [9.17, 15) is 4.79 Å². The third kappa shape index (κ3) is 8.72. The standard InChI is InChI=1S/C23H31N5O2.HI/c1-2-24-23(26-13-7-15-28-14-6-11-22(28)29)27-17-19-8-5-10-21(16-19)30-18-20-9-3-4-12-25-20;/h3-5,8-10,12,16H,2,6-7,11,13-15,17-18H2,1H3,(H2,24,26,27);1H. The van der Waals surface area contributed by atoms with Crippen LogP contribution in [-0.4, -0.2) is 47.9 Å². The van der Waals surface area contributed by atoms with Crippen molar-refractivity contribution in [3.63, 3.8) is 0 Å². The van der Waals surface area contributed by atoms with Crippen LogP contribution in [0.25, 0.3) is 0 Å². The summed E-state index contributed by atoms with van der Waals surface area (Å²) in [5.74, 6) is 1.87. The molecule has 2 aromatic rings. The van der Waals surface area contributed by atoms with E-state index in [-0.39, 0.29) is 29.9 Å². The first kappa shape index (κ1) is 24.9. The number of carbonyl (C=O) groups excluding carboxylic acids is 1. The van der Waals surface area contributed by atoms with Crippen molar-refractivity contribution in [1.82, 2.24) is 20.5 Å².